The number of nitrogens with zero attached hydrogens (tertiary/aromatic N) is 2. The number of fused-ring (bicyclic) bond motifs is 1. The van der Waals surface area contributed by atoms with Crippen LogP contribution in [0.5, 0.6) is 0 Å². The van der Waals surface area contributed by atoms with Gasteiger partial charge in [0.2, 0.25) is 0 Å². The first-order valence-electron chi connectivity index (χ1n) is 10.3. The topological polar surface area (TPSA) is 38.1 Å². The number of benzene rings is 4. The summed E-state index contributed by atoms with van der Waals surface area (Å²) >= 11 is 13.0. The molecule has 3 nitrogen and oxygen atoms in total. The van der Waals surface area contributed by atoms with Crippen molar-refractivity contribution in [1.29, 1.82) is 0 Å². The van der Waals surface area contributed by atoms with E-state index in [2.05, 4.69) is 0 Å². The zero-order valence-electron chi connectivity index (χ0n) is 17.1. The average molecular weight is 459 g/mol. The molecule has 0 atom stereocenters. The molecule has 1 aromatic heterocycles. The minimum atomic E-state index is -1.48. The molecule has 0 fully saturated rings. The smallest absolute Gasteiger partial charge is 0.173 e. The van der Waals surface area contributed by atoms with Crippen molar-refractivity contribution in [2.24, 2.45) is 0 Å². The number of imidazole rings is 1. The molecule has 32 heavy (non-hydrogen) atoms. The van der Waals surface area contributed by atoms with Gasteiger partial charge < -0.3 is 9.67 Å². The van der Waals surface area contributed by atoms with E-state index in [1.165, 1.54) is 0 Å². The zero-order chi connectivity index (χ0) is 22.1. The first kappa shape index (κ1) is 20.8. The second-order valence-electron chi connectivity index (χ2n) is 7.65. The van der Waals surface area contributed by atoms with Crippen LogP contribution in [0.3, 0.4) is 0 Å². The number of halogens is 2. The SMILES string of the molecule is OC(c1ccccc1)(c1ccccc1)c1nc2ccccc2n1Cc1c(Cl)cccc1Cl. The highest BCUT2D eigenvalue weighted by molar-refractivity contribution is 6.36. The monoisotopic (exact) mass is 458 g/mol. The van der Waals surface area contributed by atoms with Gasteiger partial charge in [0.05, 0.1) is 17.6 Å². The molecule has 158 valence electrons. The van der Waals surface area contributed by atoms with Crippen LogP contribution in [-0.4, -0.2) is 14.7 Å². The molecule has 5 heteroatoms. The third-order valence-corrected chi connectivity index (χ3v) is 6.45. The molecule has 1 N–H and O–H groups in total. The van der Waals surface area contributed by atoms with E-state index in [4.69, 9.17) is 28.2 Å². The molecule has 4 aromatic carbocycles. The van der Waals surface area contributed by atoms with Crippen LogP contribution in [0.25, 0.3) is 11.0 Å². The summed E-state index contributed by atoms with van der Waals surface area (Å²) in [7, 11) is 0. The molecule has 0 aliphatic heterocycles. The van der Waals surface area contributed by atoms with Gasteiger partial charge in [0.25, 0.3) is 0 Å². The number of hydrogen-bond acceptors (Lipinski definition) is 2. The third kappa shape index (κ3) is 3.49. The largest absolute Gasteiger partial charge is 0.373 e. The van der Waals surface area contributed by atoms with E-state index in [1.54, 1.807) is 0 Å². The molecule has 0 bridgehead atoms. The van der Waals surface area contributed by atoms with E-state index in [1.807, 2.05) is 108 Å². The Morgan fingerprint density at radius 3 is 1.81 bits per heavy atom. The second kappa shape index (κ2) is 8.44. The summed E-state index contributed by atoms with van der Waals surface area (Å²) in [5.74, 6) is 0.507. The Morgan fingerprint density at radius 1 is 0.688 bits per heavy atom. The Bertz CT molecular complexity index is 1320. The fourth-order valence-corrected chi connectivity index (χ4v) is 4.65. The standard InChI is InChI=1S/C27H20Cl2N2O/c28-22-14-9-15-23(29)21(22)18-31-25-17-8-7-16-24(25)30-26(31)27(32,19-10-3-1-4-11-19)20-12-5-2-6-13-20/h1-17,32H,18H2. The van der Waals surface area contributed by atoms with E-state index in [0.29, 0.717) is 22.4 Å². The van der Waals surface area contributed by atoms with Crippen molar-refractivity contribution in [3.05, 3.63) is 136 Å². The fourth-order valence-electron chi connectivity index (χ4n) is 4.14. The van der Waals surface area contributed by atoms with Gasteiger partial charge >= 0.3 is 0 Å². The van der Waals surface area contributed by atoms with Crippen LogP contribution in [0, 0.1) is 0 Å². The van der Waals surface area contributed by atoms with Gasteiger partial charge in [0, 0.05) is 15.6 Å². The molecule has 0 aliphatic carbocycles. The molecule has 0 saturated heterocycles. The summed E-state index contributed by atoms with van der Waals surface area (Å²) in [6, 6.07) is 32.5. The molecule has 0 aliphatic rings. The maximum Gasteiger partial charge on any atom is 0.173 e. The van der Waals surface area contributed by atoms with Gasteiger partial charge in [-0.1, -0.05) is 102 Å². The van der Waals surface area contributed by atoms with E-state index >= 15 is 0 Å². The van der Waals surface area contributed by atoms with Crippen LogP contribution < -0.4 is 0 Å². The van der Waals surface area contributed by atoms with Gasteiger partial charge in [-0.15, -0.1) is 0 Å². The maximum absolute atomic E-state index is 12.4. The van der Waals surface area contributed by atoms with Gasteiger partial charge in [-0.25, -0.2) is 4.98 Å². The van der Waals surface area contributed by atoms with E-state index in [-0.39, 0.29) is 0 Å². The second-order valence-corrected chi connectivity index (χ2v) is 8.47. The van der Waals surface area contributed by atoms with Crippen molar-refractivity contribution in [2.75, 3.05) is 0 Å². The minimum Gasteiger partial charge on any atom is -0.373 e. The first-order valence-corrected chi connectivity index (χ1v) is 11.1. The van der Waals surface area contributed by atoms with Crippen LogP contribution in [0.2, 0.25) is 10.0 Å². The zero-order valence-corrected chi connectivity index (χ0v) is 18.6. The predicted molar refractivity (Wildman–Crippen MR) is 130 cm³/mol. The Hall–Kier alpha value is -3.11. The number of rotatable bonds is 5. The lowest BCUT2D eigenvalue weighted by Crippen LogP contribution is -2.33. The van der Waals surface area contributed by atoms with Crippen LogP contribution in [0.1, 0.15) is 22.5 Å². The summed E-state index contributed by atoms with van der Waals surface area (Å²) in [4.78, 5) is 4.92. The summed E-state index contributed by atoms with van der Waals surface area (Å²) in [5, 5.41) is 13.5. The van der Waals surface area contributed by atoms with Crippen LogP contribution >= 0.6 is 23.2 Å². The highest BCUT2D eigenvalue weighted by Gasteiger charge is 2.39. The molecule has 5 aromatic rings. The van der Waals surface area contributed by atoms with Gasteiger partial charge in [-0.05, 0) is 35.4 Å². The summed E-state index contributed by atoms with van der Waals surface area (Å²) in [6.07, 6.45) is 0. The predicted octanol–water partition coefficient (Wildman–Crippen LogP) is 6.68. The van der Waals surface area contributed by atoms with Crippen molar-refractivity contribution in [1.82, 2.24) is 9.55 Å². The Kier molecular flexibility index (Phi) is 5.48. The summed E-state index contributed by atoms with van der Waals surface area (Å²) in [6.45, 7) is 0.371. The van der Waals surface area contributed by atoms with Crippen molar-refractivity contribution in [2.45, 2.75) is 12.1 Å². The third-order valence-electron chi connectivity index (χ3n) is 5.74. The highest BCUT2D eigenvalue weighted by atomic mass is 35.5. The van der Waals surface area contributed by atoms with Crippen LogP contribution in [-0.2, 0) is 12.1 Å². The minimum absolute atomic E-state index is 0.371. The molecule has 1 heterocycles. The lowest BCUT2D eigenvalue weighted by molar-refractivity contribution is 0.112. The van der Waals surface area contributed by atoms with Crippen molar-refractivity contribution in [3.8, 4) is 0 Å². The quantitative estimate of drug-likeness (QED) is 0.319. The number of para-hydroxylation sites is 2. The highest BCUT2D eigenvalue weighted by Crippen LogP contribution is 2.38. The maximum atomic E-state index is 12.4. The number of hydrogen-bond donors (Lipinski definition) is 1. The van der Waals surface area contributed by atoms with Crippen molar-refractivity contribution >= 4 is 34.2 Å². The van der Waals surface area contributed by atoms with Crippen LogP contribution in [0.4, 0.5) is 0 Å². The summed E-state index contributed by atoms with van der Waals surface area (Å²) in [5.41, 5.74) is 2.44. The van der Waals surface area contributed by atoms with Crippen molar-refractivity contribution in [3.63, 3.8) is 0 Å². The molecule has 5 rings (SSSR count). The van der Waals surface area contributed by atoms with Gasteiger partial charge in [0.1, 0.15) is 0 Å². The van der Waals surface area contributed by atoms with Gasteiger partial charge in [-0.3, -0.25) is 0 Å². The van der Waals surface area contributed by atoms with E-state index < -0.39 is 5.60 Å². The average Bonchev–Trinajstić information content (AvgIpc) is 3.21. The fraction of sp³-hybridized carbons (Fsp3) is 0.0741. The number of aromatic nitrogens is 2. The molecular formula is C27H20Cl2N2O. The molecule has 0 saturated carbocycles. The van der Waals surface area contributed by atoms with E-state index in [0.717, 1.165) is 27.7 Å². The lowest BCUT2D eigenvalue weighted by atomic mass is 9.85. The first-order chi connectivity index (χ1) is 15.6. The number of aliphatic hydroxyl groups is 1. The normalized spacial score (nSPS) is 11.7. The van der Waals surface area contributed by atoms with Gasteiger partial charge in [0.15, 0.2) is 11.4 Å². The van der Waals surface area contributed by atoms with Crippen molar-refractivity contribution < 1.29 is 5.11 Å². The Balaban J connectivity index is 1.81. The summed E-state index contributed by atoms with van der Waals surface area (Å²) < 4.78 is 2.00. The molecule has 0 amide bonds. The lowest BCUT2D eigenvalue weighted by Gasteiger charge is -2.30. The van der Waals surface area contributed by atoms with E-state index in [9.17, 15) is 5.11 Å². The van der Waals surface area contributed by atoms with Crippen LogP contribution in [0.15, 0.2) is 103 Å². The Labute approximate surface area is 196 Å². The Morgan fingerprint density at radius 2 is 1.22 bits per heavy atom. The van der Waals surface area contributed by atoms with Gasteiger partial charge in [-0.2, -0.15) is 0 Å². The molecular weight excluding hydrogens is 439 g/mol. The molecule has 0 unspecified atom stereocenters. The molecule has 0 spiro atoms. The molecule has 0 radical (unpaired) electrons.